The first kappa shape index (κ1) is 22.1. The Kier molecular flexibility index (Phi) is 5.95. The summed E-state index contributed by atoms with van der Waals surface area (Å²) in [6, 6.07) is 8.82. The second-order valence-corrected chi connectivity index (χ2v) is 11.2. The highest BCUT2D eigenvalue weighted by atomic mass is 19.1. The maximum absolute atomic E-state index is 13.9. The second kappa shape index (κ2) is 8.60. The number of hydrogen-bond donors (Lipinski definition) is 0. The molecule has 5 nitrogen and oxygen atoms in total. The van der Waals surface area contributed by atoms with Gasteiger partial charge in [-0.15, -0.1) is 0 Å². The second-order valence-electron chi connectivity index (χ2n) is 11.2. The number of rotatable bonds is 6. The summed E-state index contributed by atoms with van der Waals surface area (Å²) in [6.45, 7) is 8.53. The van der Waals surface area contributed by atoms with Crippen LogP contribution in [0.25, 0.3) is 0 Å². The lowest BCUT2D eigenvalue weighted by Gasteiger charge is -2.50. The zero-order valence-corrected chi connectivity index (χ0v) is 19.5. The molecular formula is C26H37FN2O3. The number of halogens is 1. The summed E-state index contributed by atoms with van der Waals surface area (Å²) in [5.41, 5.74) is 0.261. The molecule has 1 amide bonds. The molecule has 4 aliphatic rings. The predicted octanol–water partition coefficient (Wildman–Crippen LogP) is 4.02. The van der Waals surface area contributed by atoms with Crippen LogP contribution in [0.2, 0.25) is 0 Å². The van der Waals surface area contributed by atoms with Gasteiger partial charge in [-0.2, -0.15) is 0 Å². The fourth-order valence-corrected chi connectivity index (χ4v) is 6.11. The fourth-order valence-electron chi connectivity index (χ4n) is 6.11. The predicted molar refractivity (Wildman–Crippen MR) is 122 cm³/mol. The van der Waals surface area contributed by atoms with E-state index in [4.69, 9.17) is 9.47 Å². The molecule has 32 heavy (non-hydrogen) atoms. The van der Waals surface area contributed by atoms with Gasteiger partial charge in [0.2, 0.25) is 5.91 Å². The summed E-state index contributed by atoms with van der Waals surface area (Å²) >= 11 is 0. The van der Waals surface area contributed by atoms with Crippen LogP contribution in [-0.2, 0) is 9.53 Å². The van der Waals surface area contributed by atoms with E-state index in [1.807, 2.05) is 12.1 Å². The maximum atomic E-state index is 13.9. The van der Waals surface area contributed by atoms with E-state index in [0.29, 0.717) is 36.5 Å². The number of ether oxygens (including phenoxy) is 2. The van der Waals surface area contributed by atoms with E-state index in [2.05, 4.69) is 21.9 Å². The van der Waals surface area contributed by atoms with Crippen LogP contribution in [0.3, 0.4) is 0 Å². The van der Waals surface area contributed by atoms with Crippen LogP contribution < -0.4 is 4.74 Å². The average Bonchev–Trinajstić information content (AvgIpc) is 3.16. The average molecular weight is 445 g/mol. The van der Waals surface area contributed by atoms with Crippen LogP contribution in [0.1, 0.15) is 57.4 Å². The molecule has 3 aliphatic heterocycles. The molecule has 1 saturated carbocycles. The molecule has 1 aromatic rings. The van der Waals surface area contributed by atoms with Gasteiger partial charge < -0.3 is 19.3 Å². The van der Waals surface area contributed by atoms with E-state index < -0.39 is 5.67 Å². The lowest BCUT2D eigenvalue weighted by atomic mass is 9.77. The minimum absolute atomic E-state index is 0.0836. The molecule has 0 bridgehead atoms. The number of carbonyl (C=O) groups is 1. The molecule has 1 unspecified atom stereocenters. The highest BCUT2D eigenvalue weighted by Crippen LogP contribution is 2.48. The van der Waals surface area contributed by atoms with E-state index in [9.17, 15) is 9.18 Å². The van der Waals surface area contributed by atoms with Gasteiger partial charge >= 0.3 is 0 Å². The number of piperidine rings is 1. The third-order valence-electron chi connectivity index (χ3n) is 8.00. The van der Waals surface area contributed by atoms with Crippen LogP contribution in [0.15, 0.2) is 24.3 Å². The van der Waals surface area contributed by atoms with Crippen molar-refractivity contribution in [1.29, 1.82) is 0 Å². The van der Waals surface area contributed by atoms with Crippen molar-refractivity contribution < 1.29 is 18.7 Å². The first-order valence-electron chi connectivity index (χ1n) is 12.3. The molecule has 6 heteroatoms. The molecule has 3 heterocycles. The molecule has 1 spiro atoms. The molecule has 0 radical (unpaired) electrons. The van der Waals surface area contributed by atoms with Crippen molar-refractivity contribution in [3.05, 3.63) is 29.8 Å². The number of carbonyl (C=O) groups excluding carboxylic acids is 1. The van der Waals surface area contributed by atoms with Gasteiger partial charge in [-0.3, -0.25) is 4.79 Å². The molecular weight excluding hydrogens is 407 g/mol. The molecule has 4 fully saturated rings. The van der Waals surface area contributed by atoms with Crippen molar-refractivity contribution in [3.63, 3.8) is 0 Å². The molecule has 176 valence electrons. The summed E-state index contributed by atoms with van der Waals surface area (Å²) in [7, 11) is 0. The van der Waals surface area contributed by atoms with Crippen molar-refractivity contribution in [2.45, 2.75) is 63.6 Å². The smallest absolute Gasteiger partial charge is 0.230 e. The zero-order valence-electron chi connectivity index (χ0n) is 19.5. The Balaban J connectivity index is 1.12. The molecule has 3 saturated heterocycles. The monoisotopic (exact) mass is 444 g/mol. The maximum Gasteiger partial charge on any atom is 0.230 e. The van der Waals surface area contributed by atoms with Gasteiger partial charge in [0.15, 0.2) is 0 Å². The zero-order chi connectivity index (χ0) is 22.3. The number of likely N-dealkylation sites (tertiary alicyclic amines) is 2. The minimum atomic E-state index is -1.33. The Morgan fingerprint density at radius 1 is 1.19 bits per heavy atom. The van der Waals surface area contributed by atoms with E-state index in [-0.39, 0.29) is 12.5 Å². The minimum Gasteiger partial charge on any atom is -0.490 e. The van der Waals surface area contributed by atoms with E-state index >= 15 is 0 Å². The standard InChI is InChI=1S/C26H37FN2O3/c1-25(2,27)18-32-23-6-4-3-5-22(23)19-8-11-28(12-9-19)21-7-10-26(13-21)16-29(17-26)24(30)20-14-31-15-20/h3-6,19-21H,7-18H2,1-2H3. The topological polar surface area (TPSA) is 42.0 Å². The first-order chi connectivity index (χ1) is 15.3. The molecule has 0 aromatic heterocycles. The number of benzene rings is 1. The van der Waals surface area contributed by atoms with Crippen LogP contribution in [0.4, 0.5) is 4.39 Å². The third kappa shape index (κ3) is 4.54. The highest BCUT2D eigenvalue weighted by Gasteiger charge is 2.52. The van der Waals surface area contributed by atoms with Crippen LogP contribution in [0, 0.1) is 11.3 Å². The lowest BCUT2D eigenvalue weighted by molar-refractivity contribution is -0.161. The molecule has 1 atom stereocenters. The quantitative estimate of drug-likeness (QED) is 0.665. The van der Waals surface area contributed by atoms with Crippen LogP contribution in [-0.4, -0.2) is 73.4 Å². The number of alkyl halides is 1. The summed E-state index contributed by atoms with van der Waals surface area (Å²) < 4.78 is 25.0. The Bertz CT molecular complexity index is 821. The van der Waals surface area contributed by atoms with Crippen molar-refractivity contribution in [2.24, 2.45) is 11.3 Å². The summed E-state index contributed by atoms with van der Waals surface area (Å²) in [4.78, 5) is 17.2. The van der Waals surface area contributed by atoms with Crippen LogP contribution >= 0.6 is 0 Å². The van der Waals surface area contributed by atoms with Gasteiger partial charge in [0.05, 0.1) is 19.1 Å². The van der Waals surface area contributed by atoms with E-state index in [0.717, 1.165) is 44.8 Å². The summed E-state index contributed by atoms with van der Waals surface area (Å²) in [5.74, 6) is 1.74. The largest absolute Gasteiger partial charge is 0.490 e. The van der Waals surface area contributed by atoms with Gasteiger partial charge in [0.25, 0.3) is 0 Å². The number of para-hydroxylation sites is 1. The van der Waals surface area contributed by atoms with Gasteiger partial charge in [-0.25, -0.2) is 4.39 Å². The first-order valence-corrected chi connectivity index (χ1v) is 12.3. The Morgan fingerprint density at radius 2 is 1.91 bits per heavy atom. The van der Waals surface area contributed by atoms with Crippen molar-refractivity contribution in [3.8, 4) is 5.75 Å². The van der Waals surface area contributed by atoms with E-state index in [1.54, 1.807) is 13.8 Å². The van der Waals surface area contributed by atoms with Gasteiger partial charge in [0.1, 0.15) is 18.0 Å². The number of amides is 1. The molecule has 0 N–H and O–H groups in total. The van der Waals surface area contributed by atoms with Crippen molar-refractivity contribution in [2.75, 3.05) is 46.0 Å². The summed E-state index contributed by atoms with van der Waals surface area (Å²) in [5, 5.41) is 0. The molecule has 1 aliphatic carbocycles. The lowest BCUT2D eigenvalue weighted by Crippen LogP contribution is -2.61. The summed E-state index contributed by atoms with van der Waals surface area (Å²) in [6.07, 6.45) is 5.97. The third-order valence-corrected chi connectivity index (χ3v) is 8.00. The van der Waals surface area contributed by atoms with Gasteiger partial charge in [-0.1, -0.05) is 18.2 Å². The number of hydrogen-bond acceptors (Lipinski definition) is 4. The van der Waals surface area contributed by atoms with E-state index in [1.165, 1.54) is 24.8 Å². The van der Waals surface area contributed by atoms with Crippen molar-refractivity contribution >= 4 is 5.91 Å². The van der Waals surface area contributed by atoms with Gasteiger partial charge in [-0.05, 0) is 76.6 Å². The Hall–Kier alpha value is -1.66. The highest BCUT2D eigenvalue weighted by molar-refractivity contribution is 5.80. The fraction of sp³-hybridized carbons (Fsp3) is 0.731. The Morgan fingerprint density at radius 3 is 2.56 bits per heavy atom. The number of nitrogens with zero attached hydrogens (tertiary/aromatic N) is 2. The Labute approximate surface area is 191 Å². The molecule has 5 rings (SSSR count). The van der Waals surface area contributed by atoms with Crippen LogP contribution in [0.5, 0.6) is 5.75 Å². The normalized spacial score (nSPS) is 26.7. The molecule has 1 aromatic carbocycles. The van der Waals surface area contributed by atoms with Gasteiger partial charge in [0, 0.05) is 24.5 Å². The van der Waals surface area contributed by atoms with Crippen molar-refractivity contribution in [1.82, 2.24) is 9.80 Å². The SMILES string of the molecule is CC(C)(F)COc1ccccc1C1CCN(C2CCC3(C2)CN(C(=O)C2COC2)C3)CC1.